The molecule has 0 unspecified atom stereocenters. The zero-order valence-electron chi connectivity index (χ0n) is 14.4. The van der Waals surface area contributed by atoms with Crippen LogP contribution in [0.5, 0.6) is 0 Å². The van der Waals surface area contributed by atoms with Crippen LogP contribution in [0.2, 0.25) is 0 Å². The Labute approximate surface area is 161 Å². The number of aromatic amines is 1. The molecule has 0 saturated carbocycles. The van der Waals surface area contributed by atoms with Crippen LogP contribution in [-0.2, 0) is 10.9 Å². The Morgan fingerprint density at radius 2 is 1.96 bits per heavy atom. The van der Waals surface area contributed by atoms with Crippen molar-refractivity contribution in [2.75, 3.05) is 31.2 Å². The first-order valence-electron chi connectivity index (χ1n) is 8.36. The second kappa shape index (κ2) is 6.99. The Morgan fingerprint density at radius 3 is 2.68 bits per heavy atom. The molecule has 1 aliphatic rings. The number of nitrogens with zero attached hydrogens (tertiary/aromatic N) is 4. The molecule has 1 aromatic carbocycles. The van der Waals surface area contributed by atoms with Crippen molar-refractivity contribution >= 4 is 29.2 Å². The summed E-state index contributed by atoms with van der Waals surface area (Å²) >= 11 is 5.35. The van der Waals surface area contributed by atoms with E-state index in [-0.39, 0.29) is 21.4 Å². The molecule has 0 atom stereocenters. The zero-order valence-corrected chi connectivity index (χ0v) is 15.2. The minimum atomic E-state index is -4.49. The van der Waals surface area contributed by atoms with Crippen molar-refractivity contribution in [3.05, 3.63) is 51.2 Å². The lowest BCUT2D eigenvalue weighted by Crippen LogP contribution is -2.38. The maximum atomic E-state index is 13.0. The minimum absolute atomic E-state index is 0.0339. The number of fused-ring (bicyclic) bond motifs is 1. The van der Waals surface area contributed by atoms with Gasteiger partial charge in [0, 0.05) is 18.8 Å². The summed E-state index contributed by atoms with van der Waals surface area (Å²) in [6.45, 7) is 2.19. The van der Waals surface area contributed by atoms with Crippen molar-refractivity contribution in [2.24, 2.45) is 0 Å². The van der Waals surface area contributed by atoms with Crippen molar-refractivity contribution in [3.8, 4) is 5.69 Å². The van der Waals surface area contributed by atoms with Crippen LogP contribution in [0.1, 0.15) is 5.56 Å². The molecule has 0 spiro atoms. The van der Waals surface area contributed by atoms with Gasteiger partial charge in [0.2, 0.25) is 5.95 Å². The van der Waals surface area contributed by atoms with Gasteiger partial charge in [0.25, 0.3) is 5.56 Å². The first kappa shape index (κ1) is 18.6. The summed E-state index contributed by atoms with van der Waals surface area (Å²) in [6.07, 6.45) is -3.22. The van der Waals surface area contributed by atoms with Crippen molar-refractivity contribution in [2.45, 2.75) is 6.18 Å². The molecule has 0 amide bonds. The average molecular weight is 409 g/mol. The summed E-state index contributed by atoms with van der Waals surface area (Å²) in [5.41, 5.74) is -1.02. The van der Waals surface area contributed by atoms with Crippen LogP contribution in [0.25, 0.3) is 16.7 Å². The summed E-state index contributed by atoms with van der Waals surface area (Å²) in [5.74, 6) is 0.361. The van der Waals surface area contributed by atoms with E-state index in [1.54, 1.807) is 0 Å². The van der Waals surface area contributed by atoms with Crippen molar-refractivity contribution in [1.29, 1.82) is 0 Å². The Balaban J connectivity index is 1.83. The predicted molar refractivity (Wildman–Crippen MR) is 98.4 cm³/mol. The first-order chi connectivity index (χ1) is 13.3. The van der Waals surface area contributed by atoms with Crippen molar-refractivity contribution in [1.82, 2.24) is 19.5 Å². The van der Waals surface area contributed by atoms with E-state index >= 15 is 0 Å². The number of aromatic nitrogens is 4. The zero-order chi connectivity index (χ0) is 19.9. The van der Waals surface area contributed by atoms with E-state index in [9.17, 15) is 18.0 Å². The lowest BCUT2D eigenvalue weighted by molar-refractivity contribution is -0.137. The van der Waals surface area contributed by atoms with Crippen LogP contribution in [0, 0.1) is 4.64 Å². The third-order valence-electron chi connectivity index (χ3n) is 4.38. The van der Waals surface area contributed by atoms with Crippen LogP contribution in [0.15, 0.2) is 35.4 Å². The number of halogens is 3. The molecule has 1 saturated heterocycles. The fourth-order valence-electron chi connectivity index (χ4n) is 2.96. The quantitative estimate of drug-likeness (QED) is 0.656. The standard InChI is InChI=1S/C17H14F3N5O2S/c18-17(19,20)10-2-1-3-11(8-10)25-9-21-13-12(15(25)28)14(26)23-16(22-13)24-4-6-27-7-5-24/h1-3,8-9H,4-7H2,(H,22,23,26). The van der Waals surface area contributed by atoms with Gasteiger partial charge < -0.3 is 9.64 Å². The number of alkyl halides is 3. The smallest absolute Gasteiger partial charge is 0.378 e. The van der Waals surface area contributed by atoms with Gasteiger partial charge in [-0.15, -0.1) is 0 Å². The summed E-state index contributed by atoms with van der Waals surface area (Å²) < 4.78 is 45.6. The Hall–Kier alpha value is -2.79. The average Bonchev–Trinajstić information content (AvgIpc) is 2.68. The van der Waals surface area contributed by atoms with E-state index in [0.29, 0.717) is 32.3 Å². The summed E-state index contributed by atoms with van der Waals surface area (Å²) in [4.78, 5) is 25.7. The largest absolute Gasteiger partial charge is 0.416 e. The van der Waals surface area contributed by atoms with Crippen LogP contribution in [0.4, 0.5) is 19.1 Å². The number of morpholine rings is 1. The lowest BCUT2D eigenvalue weighted by atomic mass is 10.2. The highest BCUT2D eigenvalue weighted by Crippen LogP contribution is 2.30. The van der Waals surface area contributed by atoms with Gasteiger partial charge in [-0.25, -0.2) is 4.98 Å². The third-order valence-corrected chi connectivity index (χ3v) is 4.78. The molecular weight excluding hydrogens is 395 g/mol. The van der Waals surface area contributed by atoms with E-state index < -0.39 is 17.3 Å². The molecule has 4 rings (SSSR count). The highest BCUT2D eigenvalue weighted by molar-refractivity contribution is 7.71. The SMILES string of the molecule is O=c1[nH]c(N2CCOCC2)nc2ncn(-c3cccc(C(F)(F)F)c3)c(=S)c12. The second-order valence-corrected chi connectivity index (χ2v) is 6.54. The van der Waals surface area contributed by atoms with E-state index in [1.807, 2.05) is 4.90 Å². The predicted octanol–water partition coefficient (Wildman–Crippen LogP) is 2.69. The van der Waals surface area contributed by atoms with Crippen LogP contribution in [-0.4, -0.2) is 45.8 Å². The summed E-state index contributed by atoms with van der Waals surface area (Å²) in [5, 5.41) is 0.0481. The summed E-state index contributed by atoms with van der Waals surface area (Å²) in [6, 6.07) is 4.65. The Morgan fingerprint density at radius 1 is 1.21 bits per heavy atom. The molecule has 0 aliphatic carbocycles. The number of anilines is 1. The fraction of sp³-hybridized carbons (Fsp3) is 0.294. The van der Waals surface area contributed by atoms with Gasteiger partial charge in [0.05, 0.1) is 18.8 Å². The number of nitrogens with one attached hydrogen (secondary N) is 1. The number of benzene rings is 1. The number of rotatable bonds is 2. The summed E-state index contributed by atoms with van der Waals surface area (Å²) in [7, 11) is 0. The lowest BCUT2D eigenvalue weighted by Gasteiger charge is -2.27. The van der Waals surface area contributed by atoms with Gasteiger partial charge in [0.15, 0.2) is 5.65 Å². The molecule has 1 N–H and O–H groups in total. The van der Waals surface area contributed by atoms with Gasteiger partial charge >= 0.3 is 6.18 Å². The van der Waals surface area contributed by atoms with Crippen LogP contribution >= 0.6 is 12.2 Å². The second-order valence-electron chi connectivity index (χ2n) is 6.16. The molecule has 7 nitrogen and oxygen atoms in total. The third kappa shape index (κ3) is 3.38. The molecule has 3 aromatic rings. The van der Waals surface area contributed by atoms with Crippen molar-refractivity contribution in [3.63, 3.8) is 0 Å². The van der Waals surface area contributed by atoms with E-state index in [4.69, 9.17) is 17.0 Å². The number of hydrogen-bond donors (Lipinski definition) is 1. The number of ether oxygens (including phenoxy) is 1. The van der Waals surface area contributed by atoms with Gasteiger partial charge in [-0.2, -0.15) is 18.2 Å². The van der Waals surface area contributed by atoms with Crippen LogP contribution in [0.3, 0.4) is 0 Å². The molecule has 0 bridgehead atoms. The molecule has 3 heterocycles. The molecule has 1 fully saturated rings. The molecule has 146 valence electrons. The van der Waals surface area contributed by atoms with E-state index in [2.05, 4.69) is 15.0 Å². The highest BCUT2D eigenvalue weighted by atomic mass is 32.1. The molecule has 28 heavy (non-hydrogen) atoms. The number of H-pyrrole nitrogens is 1. The topological polar surface area (TPSA) is 76.0 Å². The molecule has 0 radical (unpaired) electrons. The maximum absolute atomic E-state index is 13.0. The fourth-order valence-corrected chi connectivity index (χ4v) is 3.30. The van der Waals surface area contributed by atoms with Crippen molar-refractivity contribution < 1.29 is 17.9 Å². The molecule has 11 heteroatoms. The Kier molecular flexibility index (Phi) is 4.63. The number of hydrogen-bond acceptors (Lipinski definition) is 6. The first-order valence-corrected chi connectivity index (χ1v) is 8.77. The molecule has 1 aliphatic heterocycles. The molecule has 2 aromatic heterocycles. The molecular formula is C17H14F3N5O2S. The Bertz CT molecular complexity index is 1150. The van der Waals surface area contributed by atoms with Gasteiger partial charge in [-0.1, -0.05) is 18.3 Å². The van der Waals surface area contributed by atoms with Crippen LogP contribution < -0.4 is 10.5 Å². The highest BCUT2D eigenvalue weighted by Gasteiger charge is 2.30. The van der Waals surface area contributed by atoms with Gasteiger partial charge in [-0.3, -0.25) is 14.3 Å². The van der Waals surface area contributed by atoms with Gasteiger partial charge in [-0.05, 0) is 18.2 Å². The monoisotopic (exact) mass is 409 g/mol. The minimum Gasteiger partial charge on any atom is -0.378 e. The normalized spacial score (nSPS) is 15.2. The van der Waals surface area contributed by atoms with E-state index in [0.717, 1.165) is 12.1 Å². The van der Waals surface area contributed by atoms with E-state index in [1.165, 1.54) is 23.0 Å². The van der Waals surface area contributed by atoms with Gasteiger partial charge in [0.1, 0.15) is 16.4 Å². The maximum Gasteiger partial charge on any atom is 0.416 e.